The molecule has 0 fully saturated rings. The Bertz CT molecular complexity index is 121. The lowest BCUT2D eigenvalue weighted by molar-refractivity contribution is 1.43. The summed E-state index contributed by atoms with van der Waals surface area (Å²) in [4.78, 5) is 0. The summed E-state index contributed by atoms with van der Waals surface area (Å²) < 4.78 is 0. The van der Waals surface area contributed by atoms with Crippen molar-refractivity contribution in [3.05, 3.63) is 36.6 Å². The molecule has 0 heterocycles. The molecule has 0 aliphatic heterocycles. The molecule has 1 heteroatoms. The van der Waals surface area contributed by atoms with Gasteiger partial charge in [-0.05, 0) is 19.1 Å². The van der Waals surface area contributed by atoms with Crippen LogP contribution in [0.15, 0.2) is 36.6 Å². The maximum absolute atomic E-state index is 5.35. The first-order valence-electron chi connectivity index (χ1n) is 3.52. The largest absolute Gasteiger partial charge is 0.399 e. The summed E-state index contributed by atoms with van der Waals surface area (Å²) in [6.45, 7) is 9.42. The highest BCUT2D eigenvalue weighted by Gasteiger charge is 1.70. The van der Waals surface area contributed by atoms with E-state index in [0.29, 0.717) is 5.70 Å². The zero-order valence-corrected chi connectivity index (χ0v) is 7.09. The second-order valence-corrected chi connectivity index (χ2v) is 1.40. The standard InChI is InChI=1S/C7H11N.C2H6/c1-3-5-6-7(8)4-2;1-2/h3-6H,2,8H2,1H3;1-2H3/b5-3-,7-6+;. The average Bonchev–Trinajstić information content (AvgIpc) is 2.04. The van der Waals surface area contributed by atoms with Crippen molar-refractivity contribution in [1.82, 2.24) is 0 Å². The second-order valence-electron chi connectivity index (χ2n) is 1.40. The Kier molecular flexibility index (Phi) is 12.8. The molecule has 0 rings (SSSR count). The van der Waals surface area contributed by atoms with Gasteiger partial charge in [0.15, 0.2) is 0 Å². The van der Waals surface area contributed by atoms with Crippen molar-refractivity contribution < 1.29 is 0 Å². The van der Waals surface area contributed by atoms with Gasteiger partial charge in [0.1, 0.15) is 0 Å². The van der Waals surface area contributed by atoms with E-state index in [2.05, 4.69) is 6.58 Å². The number of hydrogen-bond acceptors (Lipinski definition) is 1. The van der Waals surface area contributed by atoms with Crippen molar-refractivity contribution in [3.63, 3.8) is 0 Å². The lowest BCUT2D eigenvalue weighted by atomic mass is 10.4. The minimum absolute atomic E-state index is 0.697. The molecule has 0 aromatic carbocycles. The van der Waals surface area contributed by atoms with Crippen LogP contribution in [-0.2, 0) is 0 Å². The first-order chi connectivity index (χ1) is 4.81. The molecule has 10 heavy (non-hydrogen) atoms. The summed E-state index contributed by atoms with van der Waals surface area (Å²) >= 11 is 0. The molecule has 0 amide bonds. The number of hydrogen-bond donors (Lipinski definition) is 1. The summed E-state index contributed by atoms with van der Waals surface area (Å²) in [6.07, 6.45) is 7.19. The van der Waals surface area contributed by atoms with Crippen LogP contribution in [0, 0.1) is 0 Å². The highest BCUT2D eigenvalue weighted by molar-refractivity contribution is 5.17. The SMILES string of the molecule is C=C/C(N)=C\C=C/C.CC. The fraction of sp³-hybridized carbons (Fsp3) is 0.333. The van der Waals surface area contributed by atoms with Gasteiger partial charge >= 0.3 is 0 Å². The summed E-state index contributed by atoms with van der Waals surface area (Å²) in [5.74, 6) is 0. The maximum atomic E-state index is 5.35. The molecule has 0 radical (unpaired) electrons. The molecule has 0 aliphatic carbocycles. The molecule has 0 saturated carbocycles. The molecule has 0 atom stereocenters. The van der Waals surface area contributed by atoms with E-state index in [1.807, 2.05) is 32.9 Å². The predicted octanol–water partition coefficient (Wildman–Crippen LogP) is 2.62. The van der Waals surface area contributed by atoms with Gasteiger partial charge in [0.25, 0.3) is 0 Å². The van der Waals surface area contributed by atoms with Gasteiger partial charge in [-0.2, -0.15) is 0 Å². The molecule has 0 spiro atoms. The van der Waals surface area contributed by atoms with E-state index in [1.54, 1.807) is 12.2 Å². The zero-order valence-electron chi connectivity index (χ0n) is 7.09. The molecular weight excluding hydrogens is 122 g/mol. The molecule has 0 unspecified atom stereocenters. The Balaban J connectivity index is 0. The molecule has 1 nitrogen and oxygen atoms in total. The third kappa shape index (κ3) is 10.1. The Morgan fingerprint density at radius 3 is 2.20 bits per heavy atom. The van der Waals surface area contributed by atoms with Crippen molar-refractivity contribution in [2.75, 3.05) is 0 Å². The van der Waals surface area contributed by atoms with Crippen LogP contribution < -0.4 is 5.73 Å². The van der Waals surface area contributed by atoms with Crippen LogP contribution in [-0.4, -0.2) is 0 Å². The van der Waals surface area contributed by atoms with Gasteiger partial charge in [0.2, 0.25) is 0 Å². The van der Waals surface area contributed by atoms with E-state index in [-0.39, 0.29) is 0 Å². The topological polar surface area (TPSA) is 26.0 Å². The molecule has 0 aromatic rings. The smallest absolute Gasteiger partial charge is 0.0307 e. The summed E-state index contributed by atoms with van der Waals surface area (Å²) in [7, 11) is 0. The normalized spacial score (nSPS) is 10.5. The van der Waals surface area contributed by atoms with Crippen molar-refractivity contribution in [3.8, 4) is 0 Å². The van der Waals surface area contributed by atoms with Gasteiger partial charge in [-0.3, -0.25) is 0 Å². The van der Waals surface area contributed by atoms with E-state index in [4.69, 9.17) is 5.73 Å². The Morgan fingerprint density at radius 1 is 1.40 bits per heavy atom. The number of allylic oxidation sites excluding steroid dienone is 4. The van der Waals surface area contributed by atoms with Crippen LogP contribution >= 0.6 is 0 Å². The number of nitrogens with two attached hydrogens (primary N) is 1. The maximum Gasteiger partial charge on any atom is 0.0307 e. The molecule has 2 N–H and O–H groups in total. The minimum Gasteiger partial charge on any atom is -0.399 e. The van der Waals surface area contributed by atoms with Gasteiger partial charge < -0.3 is 5.73 Å². The highest BCUT2D eigenvalue weighted by Crippen LogP contribution is 1.83. The second kappa shape index (κ2) is 10.9. The quantitative estimate of drug-likeness (QED) is 0.585. The van der Waals surface area contributed by atoms with E-state index < -0.39 is 0 Å². The average molecular weight is 139 g/mol. The first kappa shape index (κ1) is 11.8. The van der Waals surface area contributed by atoms with Gasteiger partial charge in [-0.15, -0.1) is 0 Å². The fourth-order valence-electron chi connectivity index (χ4n) is 0.275. The van der Waals surface area contributed by atoms with Gasteiger partial charge in [-0.25, -0.2) is 0 Å². The van der Waals surface area contributed by atoms with Crippen molar-refractivity contribution in [2.45, 2.75) is 20.8 Å². The Hall–Kier alpha value is -0.980. The van der Waals surface area contributed by atoms with Crippen LogP contribution in [0.1, 0.15) is 20.8 Å². The van der Waals surface area contributed by atoms with Crippen LogP contribution in [0.3, 0.4) is 0 Å². The van der Waals surface area contributed by atoms with E-state index in [1.165, 1.54) is 0 Å². The summed E-state index contributed by atoms with van der Waals surface area (Å²) in [5, 5.41) is 0. The monoisotopic (exact) mass is 139 g/mol. The van der Waals surface area contributed by atoms with Gasteiger partial charge in [0.05, 0.1) is 0 Å². The molecule has 0 aromatic heterocycles. The van der Waals surface area contributed by atoms with Gasteiger partial charge in [0, 0.05) is 5.70 Å². The van der Waals surface area contributed by atoms with Crippen LogP contribution in [0.5, 0.6) is 0 Å². The highest BCUT2D eigenvalue weighted by atomic mass is 14.5. The summed E-state index contributed by atoms with van der Waals surface area (Å²) in [5.41, 5.74) is 6.05. The first-order valence-corrected chi connectivity index (χ1v) is 3.52. The molecule has 0 aliphatic rings. The zero-order chi connectivity index (χ0) is 8.41. The van der Waals surface area contributed by atoms with Crippen LogP contribution in [0.2, 0.25) is 0 Å². The minimum atomic E-state index is 0.697. The molecule has 58 valence electrons. The third-order valence-electron chi connectivity index (χ3n) is 0.717. The van der Waals surface area contributed by atoms with Crippen molar-refractivity contribution in [1.29, 1.82) is 0 Å². The Labute approximate surface area is 63.9 Å². The van der Waals surface area contributed by atoms with E-state index in [9.17, 15) is 0 Å². The van der Waals surface area contributed by atoms with Gasteiger partial charge in [-0.1, -0.05) is 32.6 Å². The van der Waals surface area contributed by atoms with Crippen LogP contribution in [0.4, 0.5) is 0 Å². The van der Waals surface area contributed by atoms with Crippen molar-refractivity contribution in [2.24, 2.45) is 5.73 Å². The van der Waals surface area contributed by atoms with Crippen molar-refractivity contribution >= 4 is 0 Å². The third-order valence-corrected chi connectivity index (χ3v) is 0.717. The summed E-state index contributed by atoms with van der Waals surface area (Å²) in [6, 6.07) is 0. The van der Waals surface area contributed by atoms with E-state index >= 15 is 0 Å². The predicted molar refractivity (Wildman–Crippen MR) is 48.6 cm³/mol. The molecule has 0 saturated heterocycles. The Morgan fingerprint density at radius 2 is 1.90 bits per heavy atom. The number of rotatable bonds is 2. The lowest BCUT2D eigenvalue weighted by Crippen LogP contribution is -1.89. The van der Waals surface area contributed by atoms with E-state index in [0.717, 1.165) is 0 Å². The molecular formula is C9H17N. The lowest BCUT2D eigenvalue weighted by Gasteiger charge is -1.82. The fourth-order valence-corrected chi connectivity index (χ4v) is 0.275. The molecule has 0 bridgehead atoms. The van der Waals surface area contributed by atoms with Crippen LogP contribution in [0.25, 0.3) is 0 Å².